The molecule has 0 spiro atoms. The van der Waals surface area contributed by atoms with Crippen LogP contribution in [0.3, 0.4) is 0 Å². The van der Waals surface area contributed by atoms with Gasteiger partial charge in [-0.25, -0.2) is 0 Å². The quantitative estimate of drug-likeness (QED) is 0.850. The lowest BCUT2D eigenvalue weighted by atomic mass is 10.1. The zero-order valence-corrected chi connectivity index (χ0v) is 12.1. The third-order valence-electron chi connectivity index (χ3n) is 3.65. The van der Waals surface area contributed by atoms with E-state index in [1.807, 2.05) is 30.3 Å². The van der Waals surface area contributed by atoms with E-state index in [4.69, 9.17) is 14.4 Å². The predicted octanol–water partition coefficient (Wildman–Crippen LogP) is 2.53. The van der Waals surface area contributed by atoms with Crippen molar-refractivity contribution in [1.29, 1.82) is 5.26 Å². The molecule has 0 fully saturated rings. The summed E-state index contributed by atoms with van der Waals surface area (Å²) in [7, 11) is 0. The maximum absolute atomic E-state index is 12.7. The molecule has 0 unspecified atom stereocenters. The highest BCUT2D eigenvalue weighted by Crippen LogP contribution is 2.29. The minimum atomic E-state index is -0.522. The van der Waals surface area contributed by atoms with Crippen LogP contribution in [0.4, 0.5) is 0 Å². The van der Waals surface area contributed by atoms with Gasteiger partial charge in [-0.05, 0) is 23.8 Å². The summed E-state index contributed by atoms with van der Waals surface area (Å²) in [5.41, 5.74) is 1.04. The number of hydrogen-bond donors (Lipinski definition) is 0. The number of carbonyl (C=O) groups excluding carboxylic acids is 1. The molecule has 1 aliphatic heterocycles. The van der Waals surface area contributed by atoms with Crippen molar-refractivity contribution in [1.82, 2.24) is 4.90 Å². The first kappa shape index (κ1) is 14.2. The van der Waals surface area contributed by atoms with Gasteiger partial charge in [-0.1, -0.05) is 18.2 Å². The Morgan fingerprint density at radius 3 is 2.91 bits per heavy atom. The third kappa shape index (κ3) is 2.96. The van der Waals surface area contributed by atoms with Gasteiger partial charge in [0.05, 0.1) is 25.3 Å². The molecule has 0 N–H and O–H groups in total. The predicted molar refractivity (Wildman–Crippen MR) is 78.9 cm³/mol. The highest BCUT2D eigenvalue weighted by Gasteiger charge is 2.32. The van der Waals surface area contributed by atoms with Crippen LogP contribution in [0.2, 0.25) is 0 Å². The summed E-state index contributed by atoms with van der Waals surface area (Å²) in [6.45, 7) is 0.718. The van der Waals surface area contributed by atoms with Crippen molar-refractivity contribution in [2.24, 2.45) is 0 Å². The van der Waals surface area contributed by atoms with Crippen LogP contribution in [-0.4, -0.2) is 23.5 Å². The Balaban J connectivity index is 1.71. The first-order valence-electron chi connectivity index (χ1n) is 7.20. The molecule has 0 saturated carbocycles. The van der Waals surface area contributed by atoms with Gasteiger partial charge in [0.2, 0.25) is 0 Å². The van der Waals surface area contributed by atoms with Crippen LogP contribution in [0.15, 0.2) is 47.1 Å². The highest BCUT2D eigenvalue weighted by atomic mass is 16.5. The number of para-hydroxylation sites is 1. The Hall–Kier alpha value is -2.74. The molecule has 2 heterocycles. The Kier molecular flexibility index (Phi) is 4.10. The number of nitriles is 1. The zero-order chi connectivity index (χ0) is 15.4. The van der Waals surface area contributed by atoms with Gasteiger partial charge < -0.3 is 14.1 Å². The fourth-order valence-corrected chi connectivity index (χ4v) is 2.57. The monoisotopic (exact) mass is 296 g/mol. The molecule has 2 aromatic rings. The summed E-state index contributed by atoms with van der Waals surface area (Å²) in [5.74, 6) is 1.35. The lowest BCUT2D eigenvalue weighted by Crippen LogP contribution is -2.41. The third-order valence-corrected chi connectivity index (χ3v) is 3.65. The van der Waals surface area contributed by atoms with Crippen molar-refractivity contribution in [3.63, 3.8) is 0 Å². The number of furan rings is 1. The number of benzene rings is 1. The fraction of sp³-hybridized carbons (Fsp3) is 0.294. The van der Waals surface area contributed by atoms with E-state index in [1.165, 1.54) is 0 Å². The van der Waals surface area contributed by atoms with E-state index >= 15 is 0 Å². The summed E-state index contributed by atoms with van der Waals surface area (Å²) in [6.07, 6.45) is 1.90. The van der Waals surface area contributed by atoms with Crippen LogP contribution < -0.4 is 4.74 Å². The first-order chi connectivity index (χ1) is 10.8. The van der Waals surface area contributed by atoms with E-state index in [1.54, 1.807) is 17.2 Å². The maximum atomic E-state index is 12.7. The van der Waals surface area contributed by atoms with Gasteiger partial charge in [-0.15, -0.1) is 0 Å². The van der Waals surface area contributed by atoms with Gasteiger partial charge in [-0.2, -0.15) is 5.26 Å². The standard InChI is InChI=1S/C17H16N2O3/c18-8-4-9-19(12-14-6-3-10-21-14)17(20)16-11-13-5-1-2-7-15(13)22-16/h1-3,5-7,10,16H,4,9,11-12H2/t16-/m1/s1. The largest absolute Gasteiger partial charge is 0.480 e. The van der Waals surface area contributed by atoms with Gasteiger partial charge in [0.1, 0.15) is 11.5 Å². The fourth-order valence-electron chi connectivity index (χ4n) is 2.57. The van der Waals surface area contributed by atoms with Crippen molar-refractivity contribution in [2.45, 2.75) is 25.5 Å². The number of nitrogens with zero attached hydrogens (tertiary/aromatic N) is 2. The molecule has 5 nitrogen and oxygen atoms in total. The molecule has 0 bridgehead atoms. The normalized spacial score (nSPS) is 15.7. The first-order valence-corrected chi connectivity index (χ1v) is 7.20. The van der Waals surface area contributed by atoms with E-state index in [2.05, 4.69) is 6.07 Å². The molecule has 22 heavy (non-hydrogen) atoms. The average molecular weight is 296 g/mol. The van der Waals surface area contributed by atoms with Crippen LogP contribution in [0.25, 0.3) is 0 Å². The zero-order valence-electron chi connectivity index (χ0n) is 12.1. The van der Waals surface area contributed by atoms with Gasteiger partial charge in [0.15, 0.2) is 6.10 Å². The minimum Gasteiger partial charge on any atom is -0.480 e. The number of rotatable bonds is 5. The lowest BCUT2D eigenvalue weighted by molar-refractivity contribution is -0.138. The van der Waals surface area contributed by atoms with Gasteiger partial charge in [-0.3, -0.25) is 4.79 Å². The molecule has 0 saturated heterocycles. The summed E-state index contributed by atoms with van der Waals surface area (Å²) in [4.78, 5) is 14.3. The molecular formula is C17H16N2O3. The van der Waals surface area contributed by atoms with E-state index < -0.39 is 6.10 Å². The summed E-state index contributed by atoms with van der Waals surface area (Å²) in [5, 5.41) is 8.79. The van der Waals surface area contributed by atoms with E-state index in [0.29, 0.717) is 25.3 Å². The van der Waals surface area contributed by atoms with E-state index in [9.17, 15) is 4.79 Å². The van der Waals surface area contributed by atoms with Crippen molar-refractivity contribution >= 4 is 5.91 Å². The number of amides is 1. The van der Waals surface area contributed by atoms with Crippen LogP contribution >= 0.6 is 0 Å². The molecule has 3 rings (SSSR count). The molecule has 5 heteroatoms. The molecule has 1 atom stereocenters. The van der Waals surface area contributed by atoms with Crippen LogP contribution in [0.5, 0.6) is 5.75 Å². The van der Waals surface area contributed by atoms with Crippen molar-refractivity contribution in [2.75, 3.05) is 6.54 Å². The smallest absolute Gasteiger partial charge is 0.264 e. The van der Waals surface area contributed by atoms with Crippen molar-refractivity contribution in [3.8, 4) is 11.8 Å². The van der Waals surface area contributed by atoms with Crippen LogP contribution in [0.1, 0.15) is 17.7 Å². The van der Waals surface area contributed by atoms with E-state index in [-0.39, 0.29) is 12.3 Å². The summed E-state index contributed by atoms with van der Waals surface area (Å²) >= 11 is 0. The topological polar surface area (TPSA) is 66.5 Å². The molecular weight excluding hydrogens is 280 g/mol. The SMILES string of the molecule is N#CCCN(Cc1ccco1)C(=O)[C@H]1Cc2ccccc2O1. The summed E-state index contributed by atoms with van der Waals surface area (Å²) in [6, 6.07) is 13.3. The van der Waals surface area contributed by atoms with Gasteiger partial charge in [0.25, 0.3) is 5.91 Å². The second-order valence-corrected chi connectivity index (χ2v) is 5.17. The highest BCUT2D eigenvalue weighted by molar-refractivity contribution is 5.82. The Morgan fingerprint density at radius 1 is 1.32 bits per heavy atom. The molecule has 0 radical (unpaired) electrons. The van der Waals surface area contributed by atoms with Crippen molar-refractivity contribution < 1.29 is 13.9 Å². The number of carbonyl (C=O) groups is 1. The minimum absolute atomic E-state index is 0.108. The number of ether oxygens (including phenoxy) is 1. The number of hydrogen-bond acceptors (Lipinski definition) is 4. The van der Waals surface area contributed by atoms with Crippen LogP contribution in [0, 0.1) is 11.3 Å². The van der Waals surface area contributed by atoms with Crippen molar-refractivity contribution in [3.05, 3.63) is 54.0 Å². The van der Waals surface area contributed by atoms with Crippen LogP contribution in [-0.2, 0) is 17.8 Å². The number of fused-ring (bicyclic) bond motifs is 1. The second kappa shape index (κ2) is 6.35. The Labute approximate surface area is 128 Å². The van der Waals surface area contributed by atoms with Gasteiger partial charge in [0, 0.05) is 13.0 Å². The molecule has 1 aromatic heterocycles. The molecule has 1 amide bonds. The van der Waals surface area contributed by atoms with Gasteiger partial charge >= 0.3 is 0 Å². The molecule has 1 aliphatic rings. The second-order valence-electron chi connectivity index (χ2n) is 5.17. The average Bonchev–Trinajstić information content (AvgIpc) is 3.19. The summed E-state index contributed by atoms with van der Waals surface area (Å²) < 4.78 is 11.0. The van der Waals surface area contributed by atoms with E-state index in [0.717, 1.165) is 11.3 Å². The Morgan fingerprint density at radius 2 is 2.18 bits per heavy atom. The molecule has 0 aliphatic carbocycles. The molecule has 1 aromatic carbocycles. The Bertz CT molecular complexity index is 663. The maximum Gasteiger partial charge on any atom is 0.264 e. The molecule has 112 valence electrons. The lowest BCUT2D eigenvalue weighted by Gasteiger charge is -2.23.